The first-order valence-electron chi connectivity index (χ1n) is 6.44. The molecule has 0 atom stereocenters. The Bertz CT molecular complexity index is 609. The lowest BCUT2D eigenvalue weighted by atomic mass is 10.2. The Morgan fingerprint density at radius 2 is 1.81 bits per heavy atom. The van der Waals surface area contributed by atoms with Crippen LogP contribution in [-0.4, -0.2) is 18.0 Å². The number of hydrogen-bond donors (Lipinski definition) is 2. The molecule has 21 heavy (non-hydrogen) atoms. The van der Waals surface area contributed by atoms with Gasteiger partial charge in [0.2, 0.25) is 11.8 Å². The largest absolute Gasteiger partial charge is 0.326 e. The quantitative estimate of drug-likeness (QED) is 0.636. The number of nitrogens with one attached hydrogen (secondary N) is 2. The van der Waals surface area contributed by atoms with E-state index in [1.807, 2.05) is 35.7 Å². The number of thiophene rings is 1. The summed E-state index contributed by atoms with van der Waals surface area (Å²) in [6.45, 7) is 0. The Hall–Kier alpha value is -2.47. The van der Waals surface area contributed by atoms with Gasteiger partial charge in [0.1, 0.15) is 0 Å². The molecule has 0 radical (unpaired) electrons. The van der Waals surface area contributed by atoms with Crippen molar-refractivity contribution in [2.45, 2.75) is 12.8 Å². The van der Waals surface area contributed by atoms with Crippen molar-refractivity contribution >= 4 is 35.1 Å². The van der Waals surface area contributed by atoms with Crippen molar-refractivity contribution in [3.8, 4) is 0 Å². The van der Waals surface area contributed by atoms with Crippen LogP contribution in [-0.2, 0) is 9.59 Å². The summed E-state index contributed by atoms with van der Waals surface area (Å²) in [6.07, 6.45) is 1.79. The summed E-state index contributed by atoms with van der Waals surface area (Å²) in [7, 11) is 0. The molecule has 0 spiro atoms. The van der Waals surface area contributed by atoms with Crippen LogP contribution in [0.1, 0.15) is 17.7 Å². The maximum Gasteiger partial charge on any atom is 0.240 e. The Kier molecular flexibility index (Phi) is 5.66. The number of amides is 2. The first-order chi connectivity index (χ1) is 10.2. The van der Waals surface area contributed by atoms with Crippen LogP contribution in [0.4, 0.5) is 5.69 Å². The molecule has 6 heteroatoms. The van der Waals surface area contributed by atoms with Crippen molar-refractivity contribution in [3.63, 3.8) is 0 Å². The lowest BCUT2D eigenvalue weighted by Gasteiger charge is -2.04. The molecule has 2 aromatic rings. The second kappa shape index (κ2) is 7.96. The highest BCUT2D eigenvalue weighted by Crippen LogP contribution is 2.06. The van der Waals surface area contributed by atoms with Crippen LogP contribution in [0.5, 0.6) is 0 Å². The van der Waals surface area contributed by atoms with Crippen molar-refractivity contribution in [1.82, 2.24) is 5.43 Å². The van der Waals surface area contributed by atoms with E-state index >= 15 is 0 Å². The molecule has 0 saturated carbocycles. The smallest absolute Gasteiger partial charge is 0.240 e. The van der Waals surface area contributed by atoms with Gasteiger partial charge in [0.15, 0.2) is 0 Å². The van der Waals surface area contributed by atoms with Gasteiger partial charge in [-0.05, 0) is 23.6 Å². The summed E-state index contributed by atoms with van der Waals surface area (Å²) in [5.74, 6) is -0.482. The number of carbonyl (C=O) groups excluding carboxylic acids is 2. The fourth-order valence-corrected chi connectivity index (χ4v) is 2.15. The van der Waals surface area contributed by atoms with Crippen molar-refractivity contribution in [3.05, 3.63) is 52.7 Å². The van der Waals surface area contributed by atoms with E-state index in [0.29, 0.717) is 0 Å². The molecular weight excluding hydrogens is 286 g/mol. The van der Waals surface area contributed by atoms with Gasteiger partial charge >= 0.3 is 0 Å². The zero-order valence-electron chi connectivity index (χ0n) is 11.3. The van der Waals surface area contributed by atoms with Crippen LogP contribution in [0.25, 0.3) is 0 Å². The number of carbonyl (C=O) groups is 2. The zero-order valence-corrected chi connectivity index (χ0v) is 12.1. The molecule has 0 fully saturated rings. The molecule has 2 rings (SSSR count). The molecule has 0 aliphatic heterocycles. The van der Waals surface area contributed by atoms with Crippen molar-refractivity contribution in [2.75, 3.05) is 5.32 Å². The number of para-hydroxylation sites is 1. The molecule has 1 heterocycles. The van der Waals surface area contributed by atoms with E-state index in [1.54, 1.807) is 18.3 Å². The molecule has 0 aliphatic carbocycles. The lowest BCUT2D eigenvalue weighted by molar-refractivity contribution is -0.124. The average molecular weight is 301 g/mol. The van der Waals surface area contributed by atoms with Crippen LogP contribution in [0.3, 0.4) is 0 Å². The van der Waals surface area contributed by atoms with Crippen LogP contribution in [0.2, 0.25) is 0 Å². The molecule has 108 valence electrons. The Labute approximate surface area is 126 Å². The number of nitrogens with zero attached hydrogens (tertiary/aromatic N) is 1. The predicted molar refractivity (Wildman–Crippen MR) is 84.4 cm³/mol. The lowest BCUT2D eigenvalue weighted by Crippen LogP contribution is -2.20. The van der Waals surface area contributed by atoms with Gasteiger partial charge in [0.25, 0.3) is 0 Å². The minimum atomic E-state index is -0.286. The number of rotatable bonds is 6. The standard InChI is InChI=1S/C15H15N3O2S/c19-14(17-12-5-2-1-3-6-12)8-9-15(20)18-16-11-13-7-4-10-21-13/h1-7,10-11H,8-9H2,(H,17,19)(H,18,20). The highest BCUT2D eigenvalue weighted by atomic mass is 32.1. The molecule has 1 aromatic carbocycles. The van der Waals surface area contributed by atoms with E-state index in [0.717, 1.165) is 10.6 Å². The fourth-order valence-electron chi connectivity index (χ4n) is 1.56. The molecule has 5 nitrogen and oxygen atoms in total. The van der Waals surface area contributed by atoms with Gasteiger partial charge in [0, 0.05) is 23.4 Å². The zero-order chi connectivity index (χ0) is 14.9. The monoisotopic (exact) mass is 301 g/mol. The third-order valence-corrected chi connectivity index (χ3v) is 3.37. The molecule has 2 amide bonds. The van der Waals surface area contributed by atoms with Crippen molar-refractivity contribution < 1.29 is 9.59 Å². The van der Waals surface area contributed by atoms with Crippen LogP contribution in [0, 0.1) is 0 Å². The van der Waals surface area contributed by atoms with Gasteiger partial charge in [-0.2, -0.15) is 5.10 Å². The van der Waals surface area contributed by atoms with Crippen LogP contribution >= 0.6 is 11.3 Å². The molecule has 0 saturated heterocycles. The number of hydrazone groups is 1. The molecule has 0 aliphatic rings. The van der Waals surface area contributed by atoms with Gasteiger partial charge in [-0.3, -0.25) is 9.59 Å². The van der Waals surface area contributed by atoms with Gasteiger partial charge in [-0.1, -0.05) is 24.3 Å². The summed E-state index contributed by atoms with van der Waals surface area (Å²) in [5, 5.41) is 8.48. The third-order valence-electron chi connectivity index (χ3n) is 2.56. The average Bonchev–Trinajstić information content (AvgIpc) is 2.99. The Balaban J connectivity index is 1.68. The van der Waals surface area contributed by atoms with E-state index in [1.165, 1.54) is 11.3 Å². The Morgan fingerprint density at radius 3 is 2.52 bits per heavy atom. The Morgan fingerprint density at radius 1 is 1.05 bits per heavy atom. The SMILES string of the molecule is O=C(CCC(=O)Nc1ccccc1)NN=Cc1cccs1. The van der Waals surface area contributed by atoms with E-state index in [-0.39, 0.29) is 24.7 Å². The summed E-state index contributed by atoms with van der Waals surface area (Å²) in [4.78, 5) is 24.1. The van der Waals surface area contributed by atoms with Crippen LogP contribution in [0.15, 0.2) is 52.9 Å². The fraction of sp³-hybridized carbons (Fsp3) is 0.133. The number of hydrogen-bond acceptors (Lipinski definition) is 4. The van der Waals surface area contributed by atoms with Crippen molar-refractivity contribution in [1.29, 1.82) is 0 Å². The molecule has 1 aromatic heterocycles. The summed E-state index contributed by atoms with van der Waals surface area (Å²) >= 11 is 1.53. The second-order valence-electron chi connectivity index (χ2n) is 4.22. The van der Waals surface area contributed by atoms with Gasteiger partial charge in [0.05, 0.1) is 6.21 Å². The maximum absolute atomic E-state index is 11.6. The van der Waals surface area contributed by atoms with E-state index in [4.69, 9.17) is 0 Å². The number of anilines is 1. The number of benzene rings is 1. The van der Waals surface area contributed by atoms with Gasteiger partial charge in [-0.25, -0.2) is 5.43 Å². The van der Waals surface area contributed by atoms with E-state index < -0.39 is 0 Å². The summed E-state index contributed by atoms with van der Waals surface area (Å²) in [6, 6.07) is 12.9. The normalized spacial score (nSPS) is 10.5. The van der Waals surface area contributed by atoms with Crippen molar-refractivity contribution in [2.24, 2.45) is 5.10 Å². The molecule has 2 N–H and O–H groups in total. The van der Waals surface area contributed by atoms with E-state index in [9.17, 15) is 9.59 Å². The predicted octanol–water partition coefficient (Wildman–Crippen LogP) is 2.62. The summed E-state index contributed by atoms with van der Waals surface area (Å²) in [5.41, 5.74) is 3.12. The second-order valence-corrected chi connectivity index (χ2v) is 5.20. The summed E-state index contributed by atoms with van der Waals surface area (Å²) < 4.78 is 0. The highest BCUT2D eigenvalue weighted by molar-refractivity contribution is 7.11. The minimum Gasteiger partial charge on any atom is -0.326 e. The maximum atomic E-state index is 11.6. The van der Waals surface area contributed by atoms with Gasteiger partial charge in [-0.15, -0.1) is 11.3 Å². The van der Waals surface area contributed by atoms with E-state index in [2.05, 4.69) is 15.8 Å². The third kappa shape index (κ3) is 5.58. The first kappa shape index (κ1) is 14.9. The van der Waals surface area contributed by atoms with Crippen LogP contribution < -0.4 is 10.7 Å². The molecule has 0 bridgehead atoms. The molecule has 0 unspecified atom stereocenters. The van der Waals surface area contributed by atoms with Gasteiger partial charge < -0.3 is 5.32 Å². The minimum absolute atomic E-state index is 0.0977. The first-order valence-corrected chi connectivity index (χ1v) is 7.32. The highest BCUT2D eigenvalue weighted by Gasteiger charge is 2.06. The molecular formula is C15H15N3O2S. The topological polar surface area (TPSA) is 70.6 Å².